The van der Waals surface area contributed by atoms with Gasteiger partial charge in [0, 0.05) is 18.9 Å². The van der Waals surface area contributed by atoms with Crippen molar-refractivity contribution in [3.8, 4) is 0 Å². The Balaban J connectivity index is 2.31. The lowest BCUT2D eigenvalue weighted by molar-refractivity contribution is -0.139. The van der Waals surface area contributed by atoms with Gasteiger partial charge in [-0.2, -0.15) is 0 Å². The molecule has 0 saturated heterocycles. The summed E-state index contributed by atoms with van der Waals surface area (Å²) in [7, 11) is 1.36. The number of aromatic nitrogens is 2. The van der Waals surface area contributed by atoms with Gasteiger partial charge in [-0.05, 0) is 6.92 Å². The van der Waals surface area contributed by atoms with Crippen LogP contribution in [0.5, 0.6) is 0 Å². The molecule has 0 aliphatic heterocycles. The van der Waals surface area contributed by atoms with Crippen LogP contribution in [0.15, 0.2) is 12.4 Å². The third-order valence-corrected chi connectivity index (χ3v) is 1.64. The van der Waals surface area contributed by atoms with Crippen LogP contribution >= 0.6 is 0 Å². The van der Waals surface area contributed by atoms with Gasteiger partial charge in [0.25, 0.3) is 0 Å². The van der Waals surface area contributed by atoms with Crippen molar-refractivity contribution in [3.05, 3.63) is 23.8 Å². The predicted molar refractivity (Wildman–Crippen MR) is 50.5 cm³/mol. The predicted octanol–water partition coefficient (Wildman–Crippen LogP) is 0.0476. The van der Waals surface area contributed by atoms with Gasteiger partial charge in [-0.25, -0.2) is 0 Å². The third kappa shape index (κ3) is 3.49. The number of hydrogen-bond donors (Lipinski definition) is 1. The lowest BCUT2D eigenvalue weighted by Crippen LogP contribution is -2.23. The Labute approximate surface area is 82.5 Å². The van der Waals surface area contributed by atoms with Crippen LogP contribution in [0.2, 0.25) is 0 Å². The summed E-state index contributed by atoms with van der Waals surface area (Å²) in [5.74, 6) is -0.287. The highest BCUT2D eigenvalue weighted by Crippen LogP contribution is 1.92. The number of nitrogens with one attached hydrogen (secondary N) is 1. The van der Waals surface area contributed by atoms with Crippen molar-refractivity contribution in [3.63, 3.8) is 0 Å². The monoisotopic (exact) mass is 195 g/mol. The van der Waals surface area contributed by atoms with E-state index in [1.54, 1.807) is 12.4 Å². The van der Waals surface area contributed by atoms with Crippen LogP contribution < -0.4 is 5.32 Å². The highest BCUT2D eigenvalue weighted by molar-refractivity contribution is 5.71. The number of nitrogens with zero attached hydrogens (tertiary/aromatic N) is 2. The molecular formula is C9H13N3O2. The van der Waals surface area contributed by atoms with Crippen molar-refractivity contribution < 1.29 is 9.53 Å². The number of carbonyl (C=O) groups excluding carboxylic acids is 1. The van der Waals surface area contributed by atoms with Crippen LogP contribution in [0.3, 0.4) is 0 Å². The lowest BCUT2D eigenvalue weighted by atomic mass is 10.4. The Kier molecular flexibility index (Phi) is 4.00. The van der Waals surface area contributed by atoms with E-state index in [1.165, 1.54) is 7.11 Å². The van der Waals surface area contributed by atoms with E-state index in [2.05, 4.69) is 20.0 Å². The zero-order valence-electron chi connectivity index (χ0n) is 8.28. The summed E-state index contributed by atoms with van der Waals surface area (Å²) < 4.78 is 4.47. The van der Waals surface area contributed by atoms with Crippen molar-refractivity contribution >= 4 is 5.97 Å². The molecule has 0 aliphatic carbocycles. The molecule has 0 spiro atoms. The molecule has 0 saturated carbocycles. The van der Waals surface area contributed by atoms with E-state index in [0.29, 0.717) is 6.54 Å². The topological polar surface area (TPSA) is 64.1 Å². The molecule has 0 aromatic carbocycles. The lowest BCUT2D eigenvalue weighted by Gasteiger charge is -2.02. The first-order valence-corrected chi connectivity index (χ1v) is 4.27. The molecular weight excluding hydrogens is 182 g/mol. The minimum atomic E-state index is -0.287. The second kappa shape index (κ2) is 5.29. The SMILES string of the molecule is COC(=O)CNCc1cnc(C)cn1. The Bertz CT molecular complexity index is 297. The van der Waals surface area contributed by atoms with Crippen LogP contribution in [0.25, 0.3) is 0 Å². The third-order valence-electron chi connectivity index (χ3n) is 1.64. The van der Waals surface area contributed by atoms with E-state index >= 15 is 0 Å². The van der Waals surface area contributed by atoms with Gasteiger partial charge >= 0.3 is 5.97 Å². The molecule has 0 unspecified atom stereocenters. The maximum absolute atomic E-state index is 10.7. The molecule has 1 aromatic rings. The molecule has 1 heterocycles. The zero-order valence-corrected chi connectivity index (χ0v) is 8.28. The highest BCUT2D eigenvalue weighted by Gasteiger charge is 1.99. The number of methoxy groups -OCH3 is 1. The summed E-state index contributed by atoms with van der Waals surface area (Å²) in [5, 5.41) is 2.89. The highest BCUT2D eigenvalue weighted by atomic mass is 16.5. The summed E-state index contributed by atoms with van der Waals surface area (Å²) in [6.07, 6.45) is 3.37. The van der Waals surface area contributed by atoms with E-state index in [4.69, 9.17) is 0 Å². The van der Waals surface area contributed by atoms with Gasteiger partial charge in [0.15, 0.2) is 0 Å². The number of ether oxygens (including phenoxy) is 1. The average molecular weight is 195 g/mol. The molecule has 5 heteroatoms. The molecule has 0 fully saturated rings. The first-order valence-electron chi connectivity index (χ1n) is 4.27. The normalized spacial score (nSPS) is 9.86. The first-order chi connectivity index (χ1) is 6.72. The average Bonchev–Trinajstić information content (AvgIpc) is 2.21. The molecule has 1 rings (SSSR count). The molecule has 0 bridgehead atoms. The molecule has 0 atom stereocenters. The van der Waals surface area contributed by atoms with Gasteiger partial charge < -0.3 is 10.1 Å². The number of aryl methyl sites for hydroxylation is 1. The van der Waals surface area contributed by atoms with Gasteiger partial charge in [0.05, 0.1) is 25.0 Å². The maximum atomic E-state index is 10.7. The molecule has 0 amide bonds. The molecule has 0 aliphatic rings. The number of carbonyl (C=O) groups is 1. The summed E-state index contributed by atoms with van der Waals surface area (Å²) >= 11 is 0. The van der Waals surface area contributed by atoms with Crippen LogP contribution in [0.1, 0.15) is 11.4 Å². The summed E-state index contributed by atoms with van der Waals surface area (Å²) in [6.45, 7) is 2.58. The Hall–Kier alpha value is -1.49. The minimum Gasteiger partial charge on any atom is -0.468 e. The van der Waals surface area contributed by atoms with Crippen molar-refractivity contribution in [2.45, 2.75) is 13.5 Å². The van der Waals surface area contributed by atoms with E-state index in [9.17, 15) is 4.79 Å². The van der Waals surface area contributed by atoms with E-state index in [0.717, 1.165) is 11.4 Å². The zero-order chi connectivity index (χ0) is 10.4. The van der Waals surface area contributed by atoms with E-state index in [-0.39, 0.29) is 12.5 Å². The molecule has 0 radical (unpaired) electrons. The van der Waals surface area contributed by atoms with E-state index < -0.39 is 0 Å². The van der Waals surface area contributed by atoms with Gasteiger partial charge in [-0.1, -0.05) is 0 Å². The molecule has 1 aromatic heterocycles. The van der Waals surface area contributed by atoms with Gasteiger partial charge in [-0.3, -0.25) is 14.8 Å². The van der Waals surface area contributed by atoms with Gasteiger partial charge in [-0.15, -0.1) is 0 Å². The van der Waals surface area contributed by atoms with Crippen LogP contribution in [0, 0.1) is 6.92 Å². The minimum absolute atomic E-state index is 0.187. The summed E-state index contributed by atoms with van der Waals surface area (Å²) in [6, 6.07) is 0. The summed E-state index contributed by atoms with van der Waals surface area (Å²) in [5.41, 5.74) is 1.68. The number of rotatable bonds is 4. The smallest absolute Gasteiger partial charge is 0.319 e. The molecule has 76 valence electrons. The van der Waals surface area contributed by atoms with Gasteiger partial charge in [0.2, 0.25) is 0 Å². The Morgan fingerprint density at radius 2 is 2.29 bits per heavy atom. The maximum Gasteiger partial charge on any atom is 0.319 e. The van der Waals surface area contributed by atoms with Crippen LogP contribution in [-0.4, -0.2) is 29.6 Å². The van der Waals surface area contributed by atoms with Crippen molar-refractivity contribution in [2.75, 3.05) is 13.7 Å². The fourth-order valence-corrected chi connectivity index (χ4v) is 0.875. The van der Waals surface area contributed by atoms with Crippen molar-refractivity contribution in [1.82, 2.24) is 15.3 Å². The fraction of sp³-hybridized carbons (Fsp3) is 0.444. The standard InChI is InChI=1S/C9H13N3O2/c1-7-3-12-8(5-11-7)4-10-6-9(13)14-2/h3,5,10H,4,6H2,1-2H3. The number of hydrogen-bond acceptors (Lipinski definition) is 5. The summed E-state index contributed by atoms with van der Waals surface area (Å²) in [4.78, 5) is 18.9. The van der Waals surface area contributed by atoms with Crippen LogP contribution in [-0.2, 0) is 16.1 Å². The van der Waals surface area contributed by atoms with Crippen LogP contribution in [0.4, 0.5) is 0 Å². The quantitative estimate of drug-likeness (QED) is 0.687. The largest absolute Gasteiger partial charge is 0.468 e. The Morgan fingerprint density at radius 1 is 1.50 bits per heavy atom. The Morgan fingerprint density at radius 3 is 2.86 bits per heavy atom. The van der Waals surface area contributed by atoms with Gasteiger partial charge in [0.1, 0.15) is 0 Å². The fourth-order valence-electron chi connectivity index (χ4n) is 0.875. The second-order valence-corrected chi connectivity index (χ2v) is 2.83. The van der Waals surface area contributed by atoms with Crippen molar-refractivity contribution in [2.24, 2.45) is 0 Å². The molecule has 5 nitrogen and oxygen atoms in total. The van der Waals surface area contributed by atoms with E-state index in [1.807, 2.05) is 6.92 Å². The van der Waals surface area contributed by atoms with Crippen molar-refractivity contribution in [1.29, 1.82) is 0 Å². The number of esters is 1. The second-order valence-electron chi connectivity index (χ2n) is 2.83. The first kappa shape index (κ1) is 10.6. The molecule has 14 heavy (non-hydrogen) atoms. The molecule has 1 N–H and O–H groups in total.